The van der Waals surface area contributed by atoms with Gasteiger partial charge in [0.1, 0.15) is 11.6 Å². The SMILES string of the molecule is COCCn1nnnc1[C@H](c1ccc(F)cc1)[NH+]1CCN(c2ccccc2F)CC1. The second-order valence-electron chi connectivity index (χ2n) is 7.33. The van der Waals surface area contributed by atoms with Gasteiger partial charge in [-0.25, -0.2) is 13.5 Å². The quantitative estimate of drug-likeness (QED) is 0.626. The molecule has 0 bridgehead atoms. The molecule has 1 aliphatic rings. The van der Waals surface area contributed by atoms with Crippen molar-refractivity contribution in [3.05, 3.63) is 71.6 Å². The second kappa shape index (κ2) is 9.27. The minimum atomic E-state index is -0.282. The number of hydrogen-bond donors (Lipinski definition) is 1. The van der Waals surface area contributed by atoms with Crippen LogP contribution in [0.2, 0.25) is 0 Å². The lowest BCUT2D eigenvalue weighted by atomic mass is 10.0. The van der Waals surface area contributed by atoms with Crippen LogP contribution in [0.1, 0.15) is 17.4 Å². The van der Waals surface area contributed by atoms with E-state index in [1.807, 2.05) is 12.1 Å². The number of para-hydroxylation sites is 1. The van der Waals surface area contributed by atoms with E-state index in [1.165, 1.54) is 23.1 Å². The maximum Gasteiger partial charge on any atom is 0.214 e. The van der Waals surface area contributed by atoms with Gasteiger partial charge in [0.15, 0.2) is 6.04 Å². The zero-order valence-electron chi connectivity index (χ0n) is 16.8. The number of hydrogen-bond acceptors (Lipinski definition) is 5. The molecular weight excluding hydrogens is 390 g/mol. The fourth-order valence-electron chi connectivity index (χ4n) is 4.01. The van der Waals surface area contributed by atoms with Crippen LogP contribution < -0.4 is 9.80 Å². The molecule has 2 heterocycles. The first-order valence-electron chi connectivity index (χ1n) is 10.0. The van der Waals surface area contributed by atoms with Crippen molar-refractivity contribution in [2.24, 2.45) is 0 Å². The Hall–Kier alpha value is -2.91. The van der Waals surface area contributed by atoms with Crippen LogP contribution in [0.15, 0.2) is 48.5 Å². The lowest BCUT2D eigenvalue weighted by Crippen LogP contribution is -3.15. The number of anilines is 1. The molecule has 0 unspecified atom stereocenters. The fraction of sp³-hybridized carbons (Fsp3) is 0.381. The van der Waals surface area contributed by atoms with Gasteiger partial charge < -0.3 is 14.5 Å². The zero-order valence-corrected chi connectivity index (χ0v) is 16.8. The van der Waals surface area contributed by atoms with Crippen LogP contribution in [0.5, 0.6) is 0 Å². The minimum Gasteiger partial charge on any atom is -0.383 e. The van der Waals surface area contributed by atoms with E-state index in [0.29, 0.717) is 37.8 Å². The van der Waals surface area contributed by atoms with Crippen molar-refractivity contribution in [1.82, 2.24) is 20.2 Å². The third-order valence-electron chi connectivity index (χ3n) is 5.54. The molecule has 0 amide bonds. The fourth-order valence-corrected chi connectivity index (χ4v) is 4.01. The van der Waals surface area contributed by atoms with Gasteiger partial charge in [0, 0.05) is 12.7 Å². The van der Waals surface area contributed by atoms with Gasteiger partial charge in [-0.15, -0.1) is 5.10 Å². The van der Waals surface area contributed by atoms with Gasteiger partial charge in [-0.05, 0) is 46.8 Å². The lowest BCUT2D eigenvalue weighted by Gasteiger charge is -2.37. The van der Waals surface area contributed by atoms with Crippen LogP contribution in [0.25, 0.3) is 0 Å². The molecule has 4 rings (SSSR count). The normalized spacial score (nSPS) is 16.0. The molecule has 0 saturated carbocycles. The maximum absolute atomic E-state index is 14.2. The number of piperazine rings is 1. The summed E-state index contributed by atoms with van der Waals surface area (Å²) >= 11 is 0. The monoisotopic (exact) mass is 415 g/mol. The van der Waals surface area contributed by atoms with Crippen molar-refractivity contribution >= 4 is 5.69 Å². The van der Waals surface area contributed by atoms with Crippen molar-refractivity contribution < 1.29 is 18.4 Å². The lowest BCUT2D eigenvalue weighted by molar-refractivity contribution is -0.927. The highest BCUT2D eigenvalue weighted by atomic mass is 19.1. The number of ether oxygens (including phenoxy) is 1. The molecule has 1 aromatic heterocycles. The smallest absolute Gasteiger partial charge is 0.214 e. The number of nitrogens with one attached hydrogen (secondary N) is 1. The Bertz CT molecular complexity index is 956. The molecule has 0 spiro atoms. The first-order valence-corrected chi connectivity index (χ1v) is 10.0. The Kier molecular flexibility index (Phi) is 6.29. The van der Waals surface area contributed by atoms with Crippen LogP contribution in [0.4, 0.5) is 14.5 Å². The number of halogens is 2. The van der Waals surface area contributed by atoms with Gasteiger partial charge in [0.2, 0.25) is 5.82 Å². The van der Waals surface area contributed by atoms with E-state index in [2.05, 4.69) is 20.4 Å². The van der Waals surface area contributed by atoms with Crippen molar-refractivity contribution in [2.75, 3.05) is 44.8 Å². The average molecular weight is 415 g/mol. The van der Waals surface area contributed by atoms with E-state index < -0.39 is 0 Å². The molecule has 3 aromatic rings. The number of nitrogens with zero attached hydrogens (tertiary/aromatic N) is 5. The van der Waals surface area contributed by atoms with Gasteiger partial charge >= 0.3 is 0 Å². The van der Waals surface area contributed by atoms with Crippen LogP contribution in [0, 0.1) is 11.6 Å². The predicted octanol–water partition coefficient (Wildman–Crippen LogP) is 1.09. The molecule has 30 heavy (non-hydrogen) atoms. The standard InChI is InChI=1S/C21H24F2N6O/c1-30-15-14-29-21(24-25-26-29)20(16-6-8-17(22)9-7-16)28-12-10-27(11-13-28)19-5-3-2-4-18(19)23/h2-9,20H,10-15H2,1H3/p+1/t20-/m0/s1. The van der Waals surface area contributed by atoms with Gasteiger partial charge in [-0.2, -0.15) is 0 Å². The molecule has 9 heteroatoms. The molecule has 158 valence electrons. The van der Waals surface area contributed by atoms with Crippen LogP contribution >= 0.6 is 0 Å². The topological polar surface area (TPSA) is 60.5 Å². The summed E-state index contributed by atoms with van der Waals surface area (Å²) in [4.78, 5) is 3.32. The van der Waals surface area contributed by atoms with Gasteiger partial charge in [-0.1, -0.05) is 12.1 Å². The molecule has 1 fully saturated rings. The summed E-state index contributed by atoms with van der Waals surface area (Å²) in [5.41, 5.74) is 1.57. The van der Waals surface area contributed by atoms with E-state index in [4.69, 9.17) is 4.74 Å². The minimum absolute atomic E-state index is 0.153. The number of aromatic nitrogens is 4. The molecule has 2 aromatic carbocycles. The highest BCUT2D eigenvalue weighted by molar-refractivity contribution is 5.47. The summed E-state index contributed by atoms with van der Waals surface area (Å²) in [5.74, 6) is 0.225. The number of benzene rings is 2. The van der Waals surface area contributed by atoms with E-state index in [9.17, 15) is 8.78 Å². The molecule has 1 aliphatic heterocycles. The van der Waals surface area contributed by atoms with Crippen LogP contribution in [-0.2, 0) is 11.3 Å². The third kappa shape index (κ3) is 4.31. The Labute approximate surface area is 173 Å². The van der Waals surface area contributed by atoms with Crippen molar-refractivity contribution in [1.29, 1.82) is 0 Å². The van der Waals surface area contributed by atoms with Gasteiger partial charge in [0.05, 0.1) is 45.0 Å². The number of tetrazole rings is 1. The Morgan fingerprint density at radius 2 is 1.80 bits per heavy atom. The first kappa shape index (κ1) is 20.4. The molecule has 1 saturated heterocycles. The molecular formula is C21H25F2N6O+. The number of methoxy groups -OCH3 is 1. The largest absolute Gasteiger partial charge is 0.383 e. The highest BCUT2D eigenvalue weighted by Crippen LogP contribution is 2.21. The zero-order chi connectivity index (χ0) is 20.9. The van der Waals surface area contributed by atoms with Gasteiger partial charge in [-0.3, -0.25) is 0 Å². The van der Waals surface area contributed by atoms with Crippen molar-refractivity contribution in [3.8, 4) is 0 Å². The van der Waals surface area contributed by atoms with E-state index in [1.54, 1.807) is 30.0 Å². The summed E-state index contributed by atoms with van der Waals surface area (Å²) in [6.45, 7) is 3.97. The Balaban J connectivity index is 1.59. The highest BCUT2D eigenvalue weighted by Gasteiger charge is 2.34. The number of quaternary nitrogens is 1. The van der Waals surface area contributed by atoms with Crippen molar-refractivity contribution in [3.63, 3.8) is 0 Å². The second-order valence-corrected chi connectivity index (χ2v) is 7.33. The first-order chi connectivity index (χ1) is 14.7. The summed E-state index contributed by atoms with van der Waals surface area (Å²) in [6.07, 6.45) is 0. The Morgan fingerprint density at radius 1 is 1.07 bits per heavy atom. The average Bonchev–Trinajstić information content (AvgIpc) is 3.23. The third-order valence-corrected chi connectivity index (χ3v) is 5.54. The summed E-state index contributed by atoms with van der Waals surface area (Å²) in [5, 5.41) is 12.3. The number of rotatable bonds is 7. The Morgan fingerprint density at radius 3 is 2.50 bits per heavy atom. The van der Waals surface area contributed by atoms with Crippen molar-refractivity contribution in [2.45, 2.75) is 12.6 Å². The predicted molar refractivity (Wildman–Crippen MR) is 107 cm³/mol. The summed E-state index contributed by atoms with van der Waals surface area (Å²) in [6, 6.07) is 13.2. The molecule has 0 aliphatic carbocycles. The summed E-state index contributed by atoms with van der Waals surface area (Å²) < 4.78 is 34.7. The van der Waals surface area contributed by atoms with Crippen LogP contribution in [0.3, 0.4) is 0 Å². The molecule has 1 atom stereocenters. The van der Waals surface area contributed by atoms with Gasteiger partial charge in [0.25, 0.3) is 0 Å². The maximum atomic E-state index is 14.2. The molecule has 7 nitrogen and oxygen atoms in total. The summed E-state index contributed by atoms with van der Waals surface area (Å²) in [7, 11) is 1.63. The van der Waals surface area contributed by atoms with E-state index in [0.717, 1.165) is 18.7 Å². The van der Waals surface area contributed by atoms with E-state index >= 15 is 0 Å². The van der Waals surface area contributed by atoms with Crippen LogP contribution in [-0.4, -0.2) is 60.1 Å². The van der Waals surface area contributed by atoms with E-state index in [-0.39, 0.29) is 17.7 Å². The molecule has 1 N–H and O–H groups in total. The molecule has 0 radical (unpaired) electrons.